The first kappa shape index (κ1) is 36.4. The molecule has 0 saturated carbocycles. The first-order valence-corrected chi connectivity index (χ1v) is 16.0. The zero-order valence-electron chi connectivity index (χ0n) is 25.8. The average molecular weight is 619 g/mol. The number of ether oxygens (including phenoxy) is 2. The van der Waals surface area contributed by atoms with E-state index in [0.29, 0.717) is 12.8 Å². The highest BCUT2D eigenvalue weighted by Crippen LogP contribution is 2.25. The summed E-state index contributed by atoms with van der Waals surface area (Å²) >= 11 is 0. The summed E-state index contributed by atoms with van der Waals surface area (Å²) < 4.78 is 11.2. The fraction of sp³-hybridized carbons (Fsp3) is 0.706. The summed E-state index contributed by atoms with van der Waals surface area (Å²) in [6.07, 6.45) is -3.52. The monoisotopic (exact) mass is 618 g/mol. The molecule has 44 heavy (non-hydrogen) atoms. The molecule has 0 radical (unpaired) electrons. The summed E-state index contributed by atoms with van der Waals surface area (Å²) in [5.41, 5.74) is 3.30. The summed E-state index contributed by atoms with van der Waals surface area (Å²) in [5, 5.41) is 80.8. The molecule has 0 unspecified atom stereocenters. The Morgan fingerprint density at radius 1 is 0.545 bits per heavy atom. The standard InChI is InChI=1S/C34H50O10/c1-3-5-7-9-11-21-17-24(14-16-26-30(38)34(42)32(40)28(20-36)44-26)22(12-10-8-6-4-2)18-23(21)13-15-25-29(37)33(41)31(39)27(19-35)43-25/h17-18,25-42H,3-12,19-20H2,1-2H3/t25-,26-,27-,28-,29-,30-,31-,32-,33-,34-/m1/s1. The lowest BCUT2D eigenvalue weighted by Gasteiger charge is -2.37. The molecule has 0 aliphatic carbocycles. The van der Waals surface area contributed by atoms with Crippen LogP contribution in [0, 0.1) is 23.7 Å². The van der Waals surface area contributed by atoms with Gasteiger partial charge in [-0.3, -0.25) is 0 Å². The lowest BCUT2D eigenvalue weighted by molar-refractivity contribution is -0.214. The second-order valence-corrected chi connectivity index (χ2v) is 11.8. The smallest absolute Gasteiger partial charge is 0.147 e. The second kappa shape index (κ2) is 18.2. The van der Waals surface area contributed by atoms with Crippen LogP contribution in [0.4, 0.5) is 0 Å². The molecule has 10 nitrogen and oxygen atoms in total. The molecular formula is C34H50O10. The van der Waals surface area contributed by atoms with Crippen LogP contribution in [-0.4, -0.2) is 115 Å². The van der Waals surface area contributed by atoms with E-state index < -0.39 is 74.3 Å². The zero-order valence-corrected chi connectivity index (χ0v) is 25.8. The van der Waals surface area contributed by atoms with Crippen molar-refractivity contribution in [2.24, 2.45) is 0 Å². The van der Waals surface area contributed by atoms with E-state index >= 15 is 0 Å². The zero-order chi connectivity index (χ0) is 32.2. The minimum absolute atomic E-state index is 0.532. The Balaban J connectivity index is 2.01. The Kier molecular flexibility index (Phi) is 15.0. The Hall–Kier alpha value is -2.06. The maximum atomic E-state index is 10.5. The molecule has 3 rings (SSSR count). The van der Waals surface area contributed by atoms with E-state index in [-0.39, 0.29) is 0 Å². The lowest BCUT2D eigenvalue weighted by Crippen LogP contribution is -2.58. The number of aryl methyl sites for hydroxylation is 2. The number of hydrogen-bond donors (Lipinski definition) is 8. The van der Waals surface area contributed by atoms with Crippen LogP contribution in [0.1, 0.15) is 87.5 Å². The first-order valence-electron chi connectivity index (χ1n) is 16.0. The molecule has 10 atom stereocenters. The van der Waals surface area contributed by atoms with Gasteiger partial charge in [0, 0.05) is 11.1 Å². The van der Waals surface area contributed by atoms with Gasteiger partial charge in [0.25, 0.3) is 0 Å². The second-order valence-electron chi connectivity index (χ2n) is 11.8. The van der Waals surface area contributed by atoms with Gasteiger partial charge in [-0.05, 0) is 48.9 Å². The van der Waals surface area contributed by atoms with Crippen molar-refractivity contribution in [1.82, 2.24) is 0 Å². The molecule has 8 N–H and O–H groups in total. The van der Waals surface area contributed by atoms with Gasteiger partial charge in [0.2, 0.25) is 0 Å². The van der Waals surface area contributed by atoms with Crippen LogP contribution in [0.3, 0.4) is 0 Å². The molecule has 0 amide bonds. The van der Waals surface area contributed by atoms with Crippen LogP contribution in [0.25, 0.3) is 0 Å². The van der Waals surface area contributed by atoms with Crippen LogP contribution < -0.4 is 0 Å². The van der Waals surface area contributed by atoms with Crippen molar-refractivity contribution in [1.29, 1.82) is 0 Å². The van der Waals surface area contributed by atoms with Crippen molar-refractivity contribution in [3.05, 3.63) is 34.4 Å². The van der Waals surface area contributed by atoms with Gasteiger partial charge in [-0.1, -0.05) is 76.1 Å². The molecule has 1 aromatic carbocycles. The quantitative estimate of drug-likeness (QED) is 0.120. The normalized spacial score (nSPS) is 32.0. The van der Waals surface area contributed by atoms with Gasteiger partial charge < -0.3 is 50.3 Å². The van der Waals surface area contributed by atoms with Crippen LogP contribution >= 0.6 is 0 Å². The van der Waals surface area contributed by atoms with Crippen LogP contribution in [0.2, 0.25) is 0 Å². The van der Waals surface area contributed by atoms with Crippen LogP contribution in [-0.2, 0) is 22.3 Å². The van der Waals surface area contributed by atoms with Crippen molar-refractivity contribution >= 4 is 0 Å². The number of hydrogen-bond acceptors (Lipinski definition) is 10. The molecule has 0 aromatic heterocycles. The molecular weight excluding hydrogens is 568 g/mol. The molecule has 246 valence electrons. The molecule has 2 heterocycles. The molecule has 1 aromatic rings. The average Bonchev–Trinajstić information content (AvgIpc) is 3.03. The van der Waals surface area contributed by atoms with Crippen molar-refractivity contribution < 1.29 is 50.3 Å². The molecule has 0 bridgehead atoms. The third-order valence-electron chi connectivity index (χ3n) is 8.41. The van der Waals surface area contributed by atoms with E-state index in [1.165, 1.54) is 0 Å². The third-order valence-corrected chi connectivity index (χ3v) is 8.41. The van der Waals surface area contributed by atoms with E-state index in [2.05, 4.69) is 37.5 Å². The number of benzene rings is 1. The number of unbranched alkanes of at least 4 members (excludes halogenated alkanes) is 6. The molecule has 10 heteroatoms. The van der Waals surface area contributed by atoms with E-state index in [0.717, 1.165) is 73.6 Å². The maximum Gasteiger partial charge on any atom is 0.147 e. The molecule has 2 saturated heterocycles. The maximum absolute atomic E-state index is 10.5. The number of aliphatic hydroxyl groups excluding tert-OH is 8. The Morgan fingerprint density at radius 3 is 1.27 bits per heavy atom. The van der Waals surface area contributed by atoms with Gasteiger partial charge in [0.05, 0.1) is 13.2 Å². The van der Waals surface area contributed by atoms with Gasteiger partial charge in [0.1, 0.15) is 61.0 Å². The first-order chi connectivity index (χ1) is 21.2. The fourth-order valence-corrected chi connectivity index (χ4v) is 5.56. The van der Waals surface area contributed by atoms with Crippen LogP contribution in [0.15, 0.2) is 12.1 Å². The molecule has 0 spiro atoms. The molecule has 2 aliphatic heterocycles. The summed E-state index contributed by atoms with van der Waals surface area (Å²) in [7, 11) is 0. The molecule has 2 aliphatic rings. The minimum atomic E-state index is -1.51. The van der Waals surface area contributed by atoms with E-state index in [4.69, 9.17) is 9.47 Å². The van der Waals surface area contributed by atoms with Crippen LogP contribution in [0.5, 0.6) is 0 Å². The Morgan fingerprint density at radius 2 is 0.932 bits per heavy atom. The highest BCUT2D eigenvalue weighted by atomic mass is 16.5. The van der Waals surface area contributed by atoms with Gasteiger partial charge >= 0.3 is 0 Å². The van der Waals surface area contributed by atoms with Gasteiger partial charge in [-0.2, -0.15) is 0 Å². The van der Waals surface area contributed by atoms with Gasteiger partial charge in [-0.15, -0.1) is 0 Å². The Labute approximate surface area is 260 Å². The van der Waals surface area contributed by atoms with E-state index in [9.17, 15) is 40.9 Å². The van der Waals surface area contributed by atoms with E-state index in [1.807, 2.05) is 12.1 Å². The van der Waals surface area contributed by atoms with Crippen molar-refractivity contribution in [3.8, 4) is 23.7 Å². The fourth-order valence-electron chi connectivity index (χ4n) is 5.56. The third kappa shape index (κ3) is 9.48. The largest absolute Gasteiger partial charge is 0.394 e. The topological polar surface area (TPSA) is 180 Å². The van der Waals surface area contributed by atoms with E-state index in [1.54, 1.807) is 0 Å². The molecule has 2 fully saturated rings. The minimum Gasteiger partial charge on any atom is -0.394 e. The van der Waals surface area contributed by atoms with Crippen molar-refractivity contribution in [2.75, 3.05) is 13.2 Å². The van der Waals surface area contributed by atoms with Gasteiger partial charge in [0.15, 0.2) is 0 Å². The van der Waals surface area contributed by atoms with Crippen molar-refractivity contribution in [2.45, 2.75) is 139 Å². The summed E-state index contributed by atoms with van der Waals surface area (Å²) in [4.78, 5) is 0. The highest BCUT2D eigenvalue weighted by Gasteiger charge is 2.43. The predicted octanol–water partition coefficient (Wildman–Crippen LogP) is 0.320. The summed E-state index contributed by atoms with van der Waals surface area (Å²) in [6, 6.07) is 3.94. The summed E-state index contributed by atoms with van der Waals surface area (Å²) in [6.45, 7) is 3.21. The van der Waals surface area contributed by atoms with Gasteiger partial charge in [-0.25, -0.2) is 0 Å². The Bertz CT molecular complexity index is 1060. The highest BCUT2D eigenvalue weighted by molar-refractivity contribution is 5.53. The lowest BCUT2D eigenvalue weighted by atomic mass is 9.91. The summed E-state index contributed by atoms with van der Waals surface area (Å²) in [5.74, 6) is 12.1. The SMILES string of the molecule is CCCCCCc1cc(C#C[C@H]2O[C@H](CO)[C@@H](O)[C@H](O)[C@@H]2O)c(CCCCCC)cc1C#C[C@H]1O[C@H](CO)[C@@H](O)[C@H](O)[C@@H]1O. The predicted molar refractivity (Wildman–Crippen MR) is 163 cm³/mol. The number of aliphatic hydroxyl groups is 8. The number of rotatable bonds is 12. The van der Waals surface area contributed by atoms with Crippen molar-refractivity contribution in [3.63, 3.8) is 0 Å².